The molecule has 1 aromatic heterocycles. The molecule has 8 amide bonds. The lowest BCUT2D eigenvalue weighted by Crippen LogP contribution is -2.62. The number of carboxylic acid groups (broad SMARTS) is 1. The molecule has 9 atom stereocenters. The number of amides is 8. The monoisotopic (exact) mass is 1140 g/mol. The molecule has 28 heteroatoms. The van der Waals surface area contributed by atoms with E-state index >= 15 is 0 Å². The third-order valence-corrected chi connectivity index (χ3v) is 15.6. The number of nitrogens with one attached hydrogen (secondary N) is 4. The Labute approximate surface area is 470 Å². The van der Waals surface area contributed by atoms with E-state index in [-0.39, 0.29) is 96.0 Å². The van der Waals surface area contributed by atoms with Gasteiger partial charge in [0.05, 0.1) is 25.3 Å². The van der Waals surface area contributed by atoms with Crippen molar-refractivity contribution in [2.24, 2.45) is 38.7 Å². The van der Waals surface area contributed by atoms with Crippen LogP contribution in [0, 0.1) is 0 Å². The van der Waals surface area contributed by atoms with Crippen LogP contribution in [0.3, 0.4) is 0 Å². The molecule has 5 heterocycles. The summed E-state index contributed by atoms with van der Waals surface area (Å²) in [7, 11) is 0. The van der Waals surface area contributed by atoms with Crippen molar-refractivity contribution in [2.45, 2.75) is 125 Å². The Balaban J connectivity index is 1.00. The van der Waals surface area contributed by atoms with E-state index in [2.05, 4.69) is 31.3 Å². The normalized spacial score (nSPS) is 20.6. The highest BCUT2D eigenvalue weighted by Gasteiger charge is 2.48. The molecule has 0 bridgehead atoms. The van der Waals surface area contributed by atoms with Crippen LogP contribution in [0.2, 0.25) is 0 Å². The fourth-order valence-corrected chi connectivity index (χ4v) is 11.4. The number of carbonyl (C=O) groups excluding carboxylic acids is 8. The van der Waals surface area contributed by atoms with Gasteiger partial charge in [0.1, 0.15) is 42.3 Å². The maximum absolute atomic E-state index is 14.6. The standard InChI is InChI=1S/C53H71N15O12S/c54-34(13-5-17-59-52(55)56)44(72)63-35(14-6-18-60-53(57)58)47(75)65-19-7-16-39(65)49(77)67-27-32(70)23-40(67)46(74)61-25-43(71)62-36(24-33-12-8-20-81-33)45(73)64-37(28-69)48(76)66-26-31-11-2-1-9-29(31)21-41(66)50(78)68-38-15-4-3-10-30(38)22-42(68)51(79)80/h1-4,8-12,15,20,32,34-37,39-42,69-70H,5-7,13-14,16-19,21-28,54H2,(H,61,74)(H,62,71)(H,63,72)(H,64,73)(H,79,80)(H4,55,56,59)(H4,57,58,60)/t32-,34-,35+,36+,37+,39+,40+,41-,42+/m1/s1. The van der Waals surface area contributed by atoms with Crippen molar-refractivity contribution in [3.05, 3.63) is 87.6 Å². The summed E-state index contributed by atoms with van der Waals surface area (Å²) in [5, 5.41) is 43.9. The zero-order valence-electron chi connectivity index (χ0n) is 44.6. The van der Waals surface area contributed by atoms with Gasteiger partial charge in [0.25, 0.3) is 5.91 Å². The number of para-hydroxylation sites is 1. The van der Waals surface area contributed by atoms with Gasteiger partial charge in [-0.3, -0.25) is 53.2 Å². The van der Waals surface area contributed by atoms with Crippen molar-refractivity contribution >= 4 is 82.2 Å². The first-order valence-electron chi connectivity index (χ1n) is 26.7. The van der Waals surface area contributed by atoms with E-state index < -0.39 is 121 Å². The first-order valence-corrected chi connectivity index (χ1v) is 27.6. The summed E-state index contributed by atoms with van der Waals surface area (Å²) in [6, 6.07) is 7.33. The Kier molecular flexibility index (Phi) is 20.7. The minimum Gasteiger partial charge on any atom is -0.480 e. The van der Waals surface area contributed by atoms with Crippen LogP contribution in [-0.4, -0.2) is 189 Å². The molecule has 0 unspecified atom stereocenters. The summed E-state index contributed by atoms with van der Waals surface area (Å²) in [6.45, 7) is -1.50. The van der Waals surface area contributed by atoms with E-state index in [1.54, 1.807) is 66.0 Å². The van der Waals surface area contributed by atoms with Gasteiger partial charge < -0.3 is 80.0 Å². The summed E-state index contributed by atoms with van der Waals surface area (Å²) in [5.74, 6) is -7.41. The van der Waals surface area contributed by atoms with Crippen molar-refractivity contribution in [3.63, 3.8) is 0 Å². The number of rotatable bonds is 24. The van der Waals surface area contributed by atoms with Gasteiger partial charge in [-0.05, 0) is 72.7 Å². The lowest BCUT2D eigenvalue weighted by molar-refractivity contribution is -0.148. The second-order valence-corrected chi connectivity index (χ2v) is 21.4. The molecule has 436 valence electrons. The van der Waals surface area contributed by atoms with E-state index in [0.29, 0.717) is 34.5 Å². The highest BCUT2D eigenvalue weighted by Crippen LogP contribution is 2.35. The van der Waals surface area contributed by atoms with Crippen LogP contribution in [0.4, 0.5) is 5.69 Å². The highest BCUT2D eigenvalue weighted by molar-refractivity contribution is 7.09. The van der Waals surface area contributed by atoms with Crippen molar-refractivity contribution in [1.82, 2.24) is 36.0 Å². The third-order valence-electron chi connectivity index (χ3n) is 14.7. The summed E-state index contributed by atoms with van der Waals surface area (Å²) in [4.78, 5) is 139. The number of fused-ring (bicyclic) bond motifs is 2. The number of β-amino-alcohol motifs (C(OH)–C–C–N with tert-alkyl or cyclic N) is 1. The lowest BCUT2D eigenvalue weighted by Gasteiger charge is -2.40. The van der Waals surface area contributed by atoms with E-state index in [0.717, 1.165) is 10.5 Å². The number of aliphatic hydroxyl groups is 2. The van der Waals surface area contributed by atoms with E-state index in [9.17, 15) is 58.5 Å². The van der Waals surface area contributed by atoms with Crippen LogP contribution in [0.25, 0.3) is 0 Å². The number of aliphatic carboxylic acids is 1. The molecular formula is C53H71N15O12S. The molecule has 2 saturated heterocycles. The van der Waals surface area contributed by atoms with Crippen molar-refractivity contribution in [3.8, 4) is 0 Å². The second kappa shape index (κ2) is 27.8. The molecule has 2 aromatic carbocycles. The zero-order valence-corrected chi connectivity index (χ0v) is 45.4. The number of aliphatic hydroxyl groups excluding tert-OH is 2. The number of carboxylic acids is 1. The maximum atomic E-state index is 14.6. The molecule has 27 nitrogen and oxygen atoms in total. The molecule has 4 aliphatic heterocycles. The maximum Gasteiger partial charge on any atom is 0.327 e. The molecule has 0 radical (unpaired) electrons. The van der Waals surface area contributed by atoms with Gasteiger partial charge in [0, 0.05) is 69.0 Å². The highest BCUT2D eigenvalue weighted by atomic mass is 32.1. The van der Waals surface area contributed by atoms with Gasteiger partial charge in [-0.25, -0.2) is 4.79 Å². The molecule has 17 N–H and O–H groups in total. The number of aliphatic imine (C=N–C) groups is 2. The zero-order chi connectivity index (χ0) is 58.5. The quantitative estimate of drug-likeness (QED) is 0.0233. The lowest BCUT2D eigenvalue weighted by atomic mass is 9.92. The predicted molar refractivity (Wildman–Crippen MR) is 296 cm³/mol. The van der Waals surface area contributed by atoms with Gasteiger partial charge in [-0.1, -0.05) is 48.5 Å². The van der Waals surface area contributed by atoms with Crippen LogP contribution < -0.4 is 54.8 Å². The fraction of sp³-hybridized carbons (Fsp3) is 0.491. The number of hydrogen-bond donors (Lipinski definition) is 12. The van der Waals surface area contributed by atoms with Crippen LogP contribution in [0.1, 0.15) is 66.5 Å². The SMILES string of the molecule is NC(N)=NCCC[C@@H](N)C(=O)N[C@@H](CCCN=C(N)N)C(=O)N1CCC[C@H]1C(=O)N1C[C@H](O)C[C@H]1C(=O)NCC(=O)N[C@@H](Cc1cccs1)C(=O)N[C@@H](CO)C(=O)N1Cc2ccccc2C[C@@H]1C(=O)N1c2ccccc2C[C@H]1C(=O)O. The summed E-state index contributed by atoms with van der Waals surface area (Å²) in [5.41, 5.74) is 30.4. The van der Waals surface area contributed by atoms with Crippen molar-refractivity contribution in [2.75, 3.05) is 44.2 Å². The molecule has 2 fully saturated rings. The van der Waals surface area contributed by atoms with Gasteiger partial charge in [-0.2, -0.15) is 0 Å². The van der Waals surface area contributed by atoms with E-state index in [1.165, 1.54) is 26.0 Å². The Morgan fingerprint density at radius 3 is 2.00 bits per heavy atom. The first-order chi connectivity index (χ1) is 38.8. The van der Waals surface area contributed by atoms with Crippen LogP contribution in [0.5, 0.6) is 0 Å². The molecule has 3 aromatic rings. The number of nitrogens with two attached hydrogens (primary N) is 5. The average Bonchev–Trinajstić information content (AvgIpc) is 4.27. The summed E-state index contributed by atoms with van der Waals surface area (Å²) < 4.78 is 0. The number of likely N-dealkylation sites (tertiary alicyclic amines) is 2. The van der Waals surface area contributed by atoms with Gasteiger partial charge in [0.15, 0.2) is 11.9 Å². The second-order valence-electron chi connectivity index (χ2n) is 20.4. The molecule has 0 spiro atoms. The number of carbonyl (C=O) groups is 9. The molecule has 4 aliphatic rings. The fourth-order valence-electron chi connectivity index (χ4n) is 10.7. The number of nitrogens with zero attached hydrogens (tertiary/aromatic N) is 6. The van der Waals surface area contributed by atoms with Gasteiger partial charge in [-0.15, -0.1) is 11.3 Å². The predicted octanol–water partition coefficient (Wildman–Crippen LogP) is -3.76. The van der Waals surface area contributed by atoms with Gasteiger partial charge in [0.2, 0.25) is 41.4 Å². The largest absolute Gasteiger partial charge is 0.480 e. The van der Waals surface area contributed by atoms with Crippen LogP contribution in [-0.2, 0) is 69.0 Å². The van der Waals surface area contributed by atoms with Crippen LogP contribution >= 0.6 is 11.3 Å². The number of benzene rings is 2. The smallest absolute Gasteiger partial charge is 0.327 e. The molecule has 81 heavy (non-hydrogen) atoms. The summed E-state index contributed by atoms with van der Waals surface area (Å²) >= 11 is 1.28. The molecule has 0 saturated carbocycles. The topological polar surface area (TPSA) is 430 Å². The Bertz CT molecular complexity index is 2860. The Morgan fingerprint density at radius 2 is 1.33 bits per heavy atom. The minimum atomic E-state index is -1.64. The number of hydrogen-bond acceptors (Lipinski definition) is 15. The number of anilines is 1. The Morgan fingerprint density at radius 1 is 0.691 bits per heavy atom. The molecular weight excluding hydrogens is 1070 g/mol. The molecule has 7 rings (SSSR count). The number of guanidine groups is 2. The van der Waals surface area contributed by atoms with E-state index in [4.69, 9.17) is 28.7 Å². The van der Waals surface area contributed by atoms with Gasteiger partial charge >= 0.3 is 5.97 Å². The number of thiophene rings is 1. The van der Waals surface area contributed by atoms with E-state index in [1.807, 2.05) is 0 Å². The average molecular weight is 1140 g/mol. The van der Waals surface area contributed by atoms with Crippen molar-refractivity contribution < 1.29 is 58.5 Å². The Hall–Kier alpha value is -8.21. The first kappa shape index (κ1) is 60.4. The van der Waals surface area contributed by atoms with Crippen molar-refractivity contribution in [1.29, 1.82) is 0 Å². The summed E-state index contributed by atoms with van der Waals surface area (Å²) in [6.07, 6.45) is 0.152. The van der Waals surface area contributed by atoms with Crippen LogP contribution in [0.15, 0.2) is 76.0 Å². The third kappa shape index (κ3) is 15.2. The minimum absolute atomic E-state index is 0.0116. The molecule has 0 aliphatic carbocycles.